The third-order valence-corrected chi connectivity index (χ3v) is 6.44. The molecule has 0 saturated heterocycles. The predicted molar refractivity (Wildman–Crippen MR) is 132 cm³/mol. The normalized spacial score (nSPS) is 12.3. The second kappa shape index (κ2) is 12.0. The Balaban J connectivity index is 2.41. The number of hydrogen-bond acceptors (Lipinski definition) is 4. The van der Waals surface area contributed by atoms with Crippen molar-refractivity contribution in [1.82, 2.24) is 10.2 Å². The number of hydrogen-bond donors (Lipinski definition) is 1. The Hall–Kier alpha value is -2.94. The van der Waals surface area contributed by atoms with Gasteiger partial charge in [-0.1, -0.05) is 50.6 Å². The van der Waals surface area contributed by atoms with Crippen LogP contribution in [0.5, 0.6) is 0 Å². The topological polar surface area (TPSA) is 86.8 Å². The van der Waals surface area contributed by atoms with E-state index in [2.05, 4.69) is 5.32 Å². The molecule has 9 heteroatoms. The van der Waals surface area contributed by atoms with Crippen LogP contribution >= 0.6 is 0 Å². The average Bonchev–Trinajstić information content (AvgIpc) is 2.75. The number of anilines is 1. The van der Waals surface area contributed by atoms with Gasteiger partial charge in [0.15, 0.2) is 0 Å². The molecule has 186 valence electrons. The summed E-state index contributed by atoms with van der Waals surface area (Å²) in [7, 11) is -3.85. The van der Waals surface area contributed by atoms with Crippen molar-refractivity contribution < 1.29 is 22.4 Å². The van der Waals surface area contributed by atoms with Crippen LogP contribution in [0.25, 0.3) is 0 Å². The Morgan fingerprint density at radius 3 is 2.26 bits per heavy atom. The molecule has 0 bridgehead atoms. The number of amides is 2. The predicted octanol–water partition coefficient (Wildman–Crippen LogP) is 3.48. The second-order valence-electron chi connectivity index (χ2n) is 8.82. The largest absolute Gasteiger partial charge is 0.354 e. The van der Waals surface area contributed by atoms with Crippen molar-refractivity contribution in [3.8, 4) is 0 Å². The zero-order valence-electron chi connectivity index (χ0n) is 20.4. The van der Waals surface area contributed by atoms with Gasteiger partial charge in [0.1, 0.15) is 18.4 Å². The molecule has 0 spiro atoms. The van der Waals surface area contributed by atoms with Gasteiger partial charge in [0, 0.05) is 13.1 Å². The van der Waals surface area contributed by atoms with Crippen LogP contribution in [0.1, 0.15) is 38.3 Å². The Morgan fingerprint density at radius 1 is 1.09 bits per heavy atom. The van der Waals surface area contributed by atoms with Crippen molar-refractivity contribution in [2.75, 3.05) is 23.7 Å². The number of rotatable bonds is 11. The Morgan fingerprint density at radius 2 is 1.74 bits per heavy atom. The smallest absolute Gasteiger partial charge is 0.244 e. The van der Waals surface area contributed by atoms with Crippen molar-refractivity contribution in [2.45, 2.75) is 46.7 Å². The number of carbonyl (C=O) groups excluding carboxylic acids is 2. The fourth-order valence-electron chi connectivity index (χ4n) is 3.57. The Kier molecular flexibility index (Phi) is 9.61. The number of nitrogens with one attached hydrogen (secondary N) is 1. The number of aryl methyl sites for hydroxylation is 1. The summed E-state index contributed by atoms with van der Waals surface area (Å²) in [5.41, 5.74) is 2.01. The first kappa shape index (κ1) is 27.3. The maximum atomic E-state index is 13.5. The van der Waals surface area contributed by atoms with E-state index in [0.717, 1.165) is 33.8 Å². The van der Waals surface area contributed by atoms with Gasteiger partial charge in [0.25, 0.3) is 0 Å². The fourth-order valence-corrected chi connectivity index (χ4v) is 4.42. The molecular weight excluding hydrogens is 457 g/mol. The fraction of sp³-hybridized carbons (Fsp3) is 0.440. The van der Waals surface area contributed by atoms with Gasteiger partial charge in [-0.05, 0) is 49.1 Å². The van der Waals surface area contributed by atoms with Gasteiger partial charge in [-0.25, -0.2) is 12.8 Å². The lowest BCUT2D eigenvalue weighted by Crippen LogP contribution is -2.52. The van der Waals surface area contributed by atoms with E-state index < -0.39 is 34.3 Å². The number of sulfonamides is 1. The molecule has 2 amide bonds. The van der Waals surface area contributed by atoms with E-state index >= 15 is 0 Å². The van der Waals surface area contributed by atoms with E-state index in [9.17, 15) is 22.4 Å². The van der Waals surface area contributed by atoms with E-state index in [1.54, 1.807) is 0 Å². The van der Waals surface area contributed by atoms with E-state index in [-0.39, 0.29) is 24.1 Å². The molecular formula is C25H34FN3O4S. The third-order valence-electron chi connectivity index (χ3n) is 5.30. The maximum Gasteiger partial charge on any atom is 0.244 e. The van der Waals surface area contributed by atoms with E-state index in [1.807, 2.05) is 52.0 Å². The van der Waals surface area contributed by atoms with Crippen LogP contribution in [0.15, 0.2) is 48.5 Å². The van der Waals surface area contributed by atoms with Crippen LogP contribution in [-0.2, 0) is 26.2 Å². The molecule has 2 aromatic carbocycles. The van der Waals surface area contributed by atoms with E-state index in [1.165, 1.54) is 17.0 Å². The highest BCUT2D eigenvalue weighted by Gasteiger charge is 2.31. The van der Waals surface area contributed by atoms with Gasteiger partial charge in [-0.15, -0.1) is 0 Å². The van der Waals surface area contributed by atoms with Gasteiger partial charge < -0.3 is 10.2 Å². The van der Waals surface area contributed by atoms with Crippen molar-refractivity contribution in [3.63, 3.8) is 0 Å². The first-order valence-electron chi connectivity index (χ1n) is 11.3. The SMILES string of the molecule is CCC(C(=O)NCC(C)C)N(Cc1cccc(C)c1)C(=O)CN(c1ccc(F)cc1)S(C)(=O)=O. The third kappa shape index (κ3) is 7.83. The van der Waals surface area contributed by atoms with Crippen molar-refractivity contribution in [2.24, 2.45) is 5.92 Å². The molecule has 0 aromatic heterocycles. The monoisotopic (exact) mass is 491 g/mol. The highest BCUT2D eigenvalue weighted by molar-refractivity contribution is 7.92. The van der Waals surface area contributed by atoms with Gasteiger partial charge in [0.05, 0.1) is 11.9 Å². The van der Waals surface area contributed by atoms with Gasteiger partial charge in [-0.2, -0.15) is 0 Å². The van der Waals surface area contributed by atoms with Gasteiger partial charge >= 0.3 is 0 Å². The van der Waals surface area contributed by atoms with E-state index in [4.69, 9.17) is 0 Å². The standard InChI is InChI=1S/C25H34FN3O4S/c1-6-23(25(31)27-15-18(2)3)28(16-20-9-7-8-19(4)14-20)24(30)17-29(34(5,32)33)22-12-10-21(26)11-13-22/h7-14,18,23H,6,15-17H2,1-5H3,(H,27,31). The summed E-state index contributed by atoms with van der Waals surface area (Å²) in [5, 5.41) is 2.88. The summed E-state index contributed by atoms with van der Waals surface area (Å²) >= 11 is 0. The molecule has 0 heterocycles. The van der Waals surface area contributed by atoms with Crippen LogP contribution in [0, 0.1) is 18.7 Å². The molecule has 7 nitrogen and oxygen atoms in total. The van der Waals surface area contributed by atoms with Crippen LogP contribution in [-0.4, -0.2) is 50.5 Å². The number of halogens is 1. The first-order valence-corrected chi connectivity index (χ1v) is 13.1. The zero-order valence-corrected chi connectivity index (χ0v) is 21.2. The van der Waals surface area contributed by atoms with Crippen molar-refractivity contribution in [1.29, 1.82) is 0 Å². The van der Waals surface area contributed by atoms with Gasteiger partial charge in [0.2, 0.25) is 21.8 Å². The lowest BCUT2D eigenvalue weighted by molar-refractivity contribution is -0.140. The molecule has 1 unspecified atom stereocenters. The minimum atomic E-state index is -3.85. The summed E-state index contributed by atoms with van der Waals surface area (Å²) < 4.78 is 39.3. The van der Waals surface area contributed by atoms with Crippen molar-refractivity contribution in [3.05, 3.63) is 65.5 Å². The zero-order chi connectivity index (χ0) is 25.5. The molecule has 0 saturated carbocycles. The molecule has 2 rings (SSSR count). The maximum absolute atomic E-state index is 13.5. The lowest BCUT2D eigenvalue weighted by atomic mass is 10.1. The summed E-state index contributed by atoms with van der Waals surface area (Å²) in [5.74, 6) is -1.09. The minimum Gasteiger partial charge on any atom is -0.354 e. The lowest BCUT2D eigenvalue weighted by Gasteiger charge is -2.33. The molecule has 1 atom stereocenters. The molecule has 0 aliphatic heterocycles. The molecule has 1 N–H and O–H groups in total. The molecule has 0 aliphatic carbocycles. The number of benzene rings is 2. The number of carbonyl (C=O) groups is 2. The van der Waals surface area contributed by atoms with Crippen LogP contribution in [0.3, 0.4) is 0 Å². The van der Waals surface area contributed by atoms with E-state index in [0.29, 0.717) is 13.0 Å². The molecule has 0 fully saturated rings. The first-order chi connectivity index (χ1) is 15.9. The van der Waals surface area contributed by atoms with Crippen LogP contribution in [0.2, 0.25) is 0 Å². The van der Waals surface area contributed by atoms with Crippen LogP contribution in [0.4, 0.5) is 10.1 Å². The number of nitrogens with zero attached hydrogens (tertiary/aromatic N) is 2. The highest BCUT2D eigenvalue weighted by Crippen LogP contribution is 2.20. The molecule has 0 aliphatic rings. The van der Waals surface area contributed by atoms with Crippen molar-refractivity contribution >= 4 is 27.5 Å². The molecule has 34 heavy (non-hydrogen) atoms. The minimum absolute atomic E-state index is 0.148. The summed E-state index contributed by atoms with van der Waals surface area (Å²) in [6, 6.07) is 11.7. The molecule has 2 aromatic rings. The van der Waals surface area contributed by atoms with Gasteiger partial charge in [-0.3, -0.25) is 13.9 Å². The second-order valence-corrected chi connectivity index (χ2v) is 10.7. The highest BCUT2D eigenvalue weighted by atomic mass is 32.2. The summed E-state index contributed by atoms with van der Waals surface area (Å²) in [6.07, 6.45) is 1.35. The summed E-state index contributed by atoms with van der Waals surface area (Å²) in [6.45, 7) is 7.80. The average molecular weight is 492 g/mol. The Bertz CT molecular complexity index is 1090. The Labute approximate surface area is 202 Å². The summed E-state index contributed by atoms with van der Waals surface area (Å²) in [4.78, 5) is 28.0. The molecule has 0 radical (unpaired) electrons. The quantitative estimate of drug-likeness (QED) is 0.521. The van der Waals surface area contributed by atoms with Crippen LogP contribution < -0.4 is 9.62 Å².